The summed E-state index contributed by atoms with van der Waals surface area (Å²) >= 11 is 0. The minimum atomic E-state index is 0.208. The predicted octanol–water partition coefficient (Wildman–Crippen LogP) is 1.64. The van der Waals surface area contributed by atoms with Crippen LogP contribution in [0.4, 0.5) is 5.69 Å². The molecule has 4 nitrogen and oxygen atoms in total. The zero-order valence-electron chi connectivity index (χ0n) is 11.8. The standard InChI is InChI=1S/C16H23N3O/c17-14-6-3-5-12(14)10-16(20)19-9-8-18-11-13-4-1-2-7-15(13)19/h1-2,4,7,12,14,18H,3,5-6,8-11,17H2/t12-,14+/m0/s1. The van der Waals surface area contributed by atoms with E-state index in [2.05, 4.69) is 17.4 Å². The SMILES string of the molecule is N[C@@H]1CCC[C@H]1CC(=O)N1CCNCc2ccccc21. The Kier molecular flexibility index (Phi) is 4.03. The van der Waals surface area contributed by atoms with Crippen LogP contribution in [0.5, 0.6) is 0 Å². The molecule has 0 saturated heterocycles. The highest BCUT2D eigenvalue weighted by Crippen LogP contribution is 2.29. The van der Waals surface area contributed by atoms with Crippen LogP contribution in [-0.2, 0) is 11.3 Å². The zero-order valence-corrected chi connectivity index (χ0v) is 11.8. The lowest BCUT2D eigenvalue weighted by atomic mass is 9.99. The van der Waals surface area contributed by atoms with E-state index in [9.17, 15) is 4.79 Å². The first-order chi connectivity index (χ1) is 9.75. The van der Waals surface area contributed by atoms with E-state index in [1.54, 1.807) is 0 Å². The summed E-state index contributed by atoms with van der Waals surface area (Å²) in [4.78, 5) is 14.6. The van der Waals surface area contributed by atoms with E-state index in [0.29, 0.717) is 12.3 Å². The Balaban J connectivity index is 1.77. The molecule has 1 aliphatic carbocycles. The quantitative estimate of drug-likeness (QED) is 0.861. The molecule has 108 valence electrons. The second kappa shape index (κ2) is 5.94. The van der Waals surface area contributed by atoms with Crippen LogP contribution in [0.25, 0.3) is 0 Å². The summed E-state index contributed by atoms with van der Waals surface area (Å²) in [6.07, 6.45) is 3.92. The normalized spacial score (nSPS) is 26.1. The number of amides is 1. The Morgan fingerprint density at radius 2 is 2.20 bits per heavy atom. The van der Waals surface area contributed by atoms with Crippen LogP contribution >= 0.6 is 0 Å². The summed E-state index contributed by atoms with van der Waals surface area (Å²) in [7, 11) is 0. The van der Waals surface area contributed by atoms with Crippen molar-refractivity contribution in [2.24, 2.45) is 11.7 Å². The average molecular weight is 273 g/mol. The van der Waals surface area contributed by atoms with Gasteiger partial charge in [-0.3, -0.25) is 4.79 Å². The average Bonchev–Trinajstić information content (AvgIpc) is 2.75. The molecule has 3 N–H and O–H groups in total. The van der Waals surface area contributed by atoms with Crippen molar-refractivity contribution in [3.63, 3.8) is 0 Å². The van der Waals surface area contributed by atoms with Gasteiger partial charge in [0.15, 0.2) is 0 Å². The van der Waals surface area contributed by atoms with Crippen molar-refractivity contribution in [1.29, 1.82) is 0 Å². The number of carbonyl (C=O) groups is 1. The summed E-state index contributed by atoms with van der Waals surface area (Å²) in [5.41, 5.74) is 8.37. The van der Waals surface area contributed by atoms with Crippen LogP contribution in [0, 0.1) is 5.92 Å². The number of rotatable bonds is 2. The fourth-order valence-electron chi connectivity index (χ4n) is 3.37. The topological polar surface area (TPSA) is 58.4 Å². The van der Waals surface area contributed by atoms with Gasteiger partial charge < -0.3 is 16.0 Å². The van der Waals surface area contributed by atoms with Gasteiger partial charge in [0.25, 0.3) is 0 Å². The van der Waals surface area contributed by atoms with Crippen molar-refractivity contribution in [3.8, 4) is 0 Å². The first-order valence-electron chi connectivity index (χ1n) is 7.60. The number of carbonyl (C=O) groups excluding carboxylic acids is 1. The Labute approximate surface area is 120 Å². The van der Waals surface area contributed by atoms with Gasteiger partial charge in [0.1, 0.15) is 0 Å². The van der Waals surface area contributed by atoms with E-state index in [1.165, 1.54) is 5.56 Å². The highest BCUT2D eigenvalue weighted by atomic mass is 16.2. The molecular weight excluding hydrogens is 250 g/mol. The van der Waals surface area contributed by atoms with Gasteiger partial charge in [0.2, 0.25) is 5.91 Å². The maximum Gasteiger partial charge on any atom is 0.227 e. The molecule has 1 saturated carbocycles. The first-order valence-corrected chi connectivity index (χ1v) is 7.60. The fraction of sp³-hybridized carbons (Fsp3) is 0.562. The van der Waals surface area contributed by atoms with Gasteiger partial charge in [-0.1, -0.05) is 24.6 Å². The van der Waals surface area contributed by atoms with Crippen LogP contribution in [-0.4, -0.2) is 25.0 Å². The molecule has 20 heavy (non-hydrogen) atoms. The number of nitrogens with one attached hydrogen (secondary N) is 1. The Bertz CT molecular complexity index is 488. The van der Waals surface area contributed by atoms with Gasteiger partial charge in [-0.05, 0) is 30.4 Å². The summed E-state index contributed by atoms with van der Waals surface area (Å²) < 4.78 is 0. The second-order valence-electron chi connectivity index (χ2n) is 5.91. The van der Waals surface area contributed by atoms with Gasteiger partial charge in [0.05, 0.1) is 0 Å². The molecule has 1 fully saturated rings. The molecule has 1 aromatic rings. The van der Waals surface area contributed by atoms with Crippen molar-refractivity contribution in [2.75, 3.05) is 18.0 Å². The van der Waals surface area contributed by atoms with Crippen LogP contribution in [0.2, 0.25) is 0 Å². The smallest absolute Gasteiger partial charge is 0.227 e. The number of nitrogens with zero attached hydrogens (tertiary/aromatic N) is 1. The molecule has 1 heterocycles. The number of para-hydroxylation sites is 1. The number of hydrogen-bond acceptors (Lipinski definition) is 3. The predicted molar refractivity (Wildman–Crippen MR) is 80.4 cm³/mol. The maximum absolute atomic E-state index is 12.7. The zero-order chi connectivity index (χ0) is 13.9. The monoisotopic (exact) mass is 273 g/mol. The summed E-state index contributed by atoms with van der Waals surface area (Å²) in [6, 6.07) is 8.39. The molecule has 0 radical (unpaired) electrons. The minimum absolute atomic E-state index is 0.208. The second-order valence-corrected chi connectivity index (χ2v) is 5.91. The molecule has 0 bridgehead atoms. The molecule has 3 rings (SSSR count). The summed E-state index contributed by atoms with van der Waals surface area (Å²) in [6.45, 7) is 2.43. The lowest BCUT2D eigenvalue weighted by molar-refractivity contribution is -0.119. The number of fused-ring (bicyclic) bond motifs is 1. The first kappa shape index (κ1) is 13.6. The number of nitrogens with two attached hydrogens (primary N) is 1. The van der Waals surface area contributed by atoms with Crippen molar-refractivity contribution in [2.45, 2.75) is 38.3 Å². The van der Waals surface area contributed by atoms with E-state index >= 15 is 0 Å². The van der Waals surface area contributed by atoms with E-state index in [4.69, 9.17) is 5.73 Å². The number of benzene rings is 1. The summed E-state index contributed by atoms with van der Waals surface area (Å²) in [5, 5.41) is 3.37. The van der Waals surface area contributed by atoms with Gasteiger partial charge >= 0.3 is 0 Å². The van der Waals surface area contributed by atoms with E-state index in [-0.39, 0.29) is 11.9 Å². The molecule has 4 heteroatoms. The highest BCUT2D eigenvalue weighted by Gasteiger charge is 2.29. The fourth-order valence-corrected chi connectivity index (χ4v) is 3.37. The third kappa shape index (κ3) is 2.72. The molecule has 2 atom stereocenters. The molecule has 0 spiro atoms. The van der Waals surface area contributed by atoms with Gasteiger partial charge in [-0.2, -0.15) is 0 Å². The van der Waals surface area contributed by atoms with Gasteiger partial charge in [0, 0.05) is 37.8 Å². The Hall–Kier alpha value is -1.39. The molecule has 0 aromatic heterocycles. The Morgan fingerprint density at radius 3 is 3.00 bits per heavy atom. The van der Waals surface area contributed by atoms with Gasteiger partial charge in [-0.15, -0.1) is 0 Å². The van der Waals surface area contributed by atoms with Crippen LogP contribution < -0.4 is 16.0 Å². The third-order valence-electron chi connectivity index (χ3n) is 4.57. The molecule has 0 unspecified atom stereocenters. The Morgan fingerprint density at radius 1 is 1.35 bits per heavy atom. The number of hydrogen-bond donors (Lipinski definition) is 2. The maximum atomic E-state index is 12.7. The summed E-state index contributed by atoms with van der Waals surface area (Å²) in [5.74, 6) is 0.592. The largest absolute Gasteiger partial charge is 0.327 e. The number of anilines is 1. The van der Waals surface area contributed by atoms with E-state index < -0.39 is 0 Å². The minimum Gasteiger partial charge on any atom is -0.327 e. The lowest BCUT2D eigenvalue weighted by Gasteiger charge is -2.25. The van der Waals surface area contributed by atoms with E-state index in [1.807, 2.05) is 17.0 Å². The van der Waals surface area contributed by atoms with Gasteiger partial charge in [-0.25, -0.2) is 0 Å². The molecule has 1 aromatic carbocycles. The van der Waals surface area contributed by atoms with Crippen molar-refractivity contribution in [1.82, 2.24) is 5.32 Å². The van der Waals surface area contributed by atoms with Crippen molar-refractivity contribution < 1.29 is 4.79 Å². The van der Waals surface area contributed by atoms with Crippen LogP contribution in [0.3, 0.4) is 0 Å². The molecule has 1 amide bonds. The van der Waals surface area contributed by atoms with Crippen LogP contribution in [0.1, 0.15) is 31.2 Å². The van der Waals surface area contributed by atoms with Crippen molar-refractivity contribution >= 4 is 11.6 Å². The van der Waals surface area contributed by atoms with Crippen LogP contribution in [0.15, 0.2) is 24.3 Å². The highest BCUT2D eigenvalue weighted by molar-refractivity contribution is 5.94. The molecular formula is C16H23N3O. The molecule has 2 aliphatic rings. The third-order valence-corrected chi connectivity index (χ3v) is 4.57. The van der Waals surface area contributed by atoms with Crippen molar-refractivity contribution in [3.05, 3.63) is 29.8 Å². The molecule has 1 aliphatic heterocycles. The lowest BCUT2D eigenvalue weighted by Crippen LogP contribution is -2.37. The van der Waals surface area contributed by atoms with E-state index in [0.717, 1.165) is 44.6 Å².